The molecule has 9 nitrogen and oxygen atoms in total. The SMILES string of the molecule is C=C(C)N(C(=O)N(N)C(C)CC)c1ccc(N2CCCN(c3ccc(C(=O)NO)cc3)CC2)cc1. The van der Waals surface area contributed by atoms with Crippen molar-refractivity contribution in [1.29, 1.82) is 0 Å². The molecule has 1 fully saturated rings. The Morgan fingerprint density at radius 1 is 1.03 bits per heavy atom. The quantitative estimate of drug-likeness (QED) is 0.240. The number of benzene rings is 2. The lowest BCUT2D eigenvalue weighted by Gasteiger charge is -2.31. The Morgan fingerprint density at radius 2 is 1.54 bits per heavy atom. The van der Waals surface area contributed by atoms with E-state index in [-0.39, 0.29) is 12.1 Å². The first-order chi connectivity index (χ1) is 16.8. The minimum atomic E-state index is -0.520. The second-order valence-corrected chi connectivity index (χ2v) is 8.85. The van der Waals surface area contributed by atoms with Gasteiger partial charge in [0.15, 0.2) is 0 Å². The number of hydrazine groups is 1. The maximum Gasteiger partial charge on any atom is 0.343 e. The maximum atomic E-state index is 13.0. The molecule has 188 valence electrons. The molecule has 1 heterocycles. The Hall–Kier alpha value is -3.56. The summed E-state index contributed by atoms with van der Waals surface area (Å²) in [4.78, 5) is 30.7. The van der Waals surface area contributed by atoms with E-state index in [0.29, 0.717) is 11.3 Å². The summed E-state index contributed by atoms with van der Waals surface area (Å²) in [5, 5.41) is 10.1. The molecule has 1 atom stereocenters. The first-order valence-corrected chi connectivity index (χ1v) is 11.9. The molecule has 2 aromatic rings. The van der Waals surface area contributed by atoms with Crippen molar-refractivity contribution < 1.29 is 14.8 Å². The summed E-state index contributed by atoms with van der Waals surface area (Å²) in [6.45, 7) is 13.2. The maximum absolute atomic E-state index is 13.0. The highest BCUT2D eigenvalue weighted by Crippen LogP contribution is 2.26. The van der Waals surface area contributed by atoms with E-state index in [1.165, 1.54) is 5.01 Å². The van der Waals surface area contributed by atoms with Crippen LogP contribution in [0.3, 0.4) is 0 Å². The highest BCUT2D eigenvalue weighted by atomic mass is 16.5. The van der Waals surface area contributed by atoms with Gasteiger partial charge < -0.3 is 9.80 Å². The smallest absolute Gasteiger partial charge is 0.343 e. The molecule has 3 amide bonds. The van der Waals surface area contributed by atoms with E-state index in [2.05, 4.69) is 16.4 Å². The van der Waals surface area contributed by atoms with Crippen molar-refractivity contribution in [3.8, 4) is 0 Å². The number of hydroxylamine groups is 1. The summed E-state index contributed by atoms with van der Waals surface area (Å²) in [5.41, 5.74) is 5.54. The molecule has 4 N–H and O–H groups in total. The number of hydrogen-bond acceptors (Lipinski definition) is 6. The number of hydrogen-bond donors (Lipinski definition) is 3. The number of allylic oxidation sites excluding steroid dienone is 1. The standard InChI is InChI=1S/C26H36N6O3/c1-5-20(4)32(27)26(34)31(19(2)3)24-13-11-23(12-14-24)30-16-6-15-29(17-18-30)22-9-7-21(8-10-22)25(33)28-35/h7-14,20,35H,2,5-6,15-18,27H2,1,3-4H3,(H,28,33). The molecule has 1 unspecified atom stereocenters. The number of urea groups is 1. The van der Waals surface area contributed by atoms with Crippen LogP contribution in [0.2, 0.25) is 0 Å². The Balaban J connectivity index is 1.68. The van der Waals surface area contributed by atoms with Crippen LogP contribution in [0, 0.1) is 0 Å². The van der Waals surface area contributed by atoms with Gasteiger partial charge in [-0.1, -0.05) is 13.5 Å². The van der Waals surface area contributed by atoms with Crippen LogP contribution in [0.5, 0.6) is 0 Å². The molecule has 35 heavy (non-hydrogen) atoms. The molecule has 0 spiro atoms. The number of nitrogens with zero attached hydrogens (tertiary/aromatic N) is 4. The largest absolute Gasteiger partial charge is 0.370 e. The van der Waals surface area contributed by atoms with E-state index in [9.17, 15) is 9.59 Å². The Bertz CT molecular complexity index is 1020. The summed E-state index contributed by atoms with van der Waals surface area (Å²) in [7, 11) is 0. The van der Waals surface area contributed by atoms with E-state index in [1.807, 2.05) is 50.2 Å². The van der Waals surface area contributed by atoms with Crippen molar-refractivity contribution in [3.05, 3.63) is 66.4 Å². The summed E-state index contributed by atoms with van der Waals surface area (Å²) >= 11 is 0. The molecule has 0 radical (unpaired) electrons. The number of rotatable bonds is 7. The van der Waals surface area contributed by atoms with E-state index < -0.39 is 5.91 Å². The van der Waals surface area contributed by atoms with Gasteiger partial charge in [0.1, 0.15) is 0 Å². The summed E-state index contributed by atoms with van der Waals surface area (Å²) in [5.74, 6) is 5.54. The molecule has 1 aliphatic rings. The van der Waals surface area contributed by atoms with Gasteiger partial charge in [-0.3, -0.25) is 19.9 Å². The van der Waals surface area contributed by atoms with Crippen LogP contribution in [-0.2, 0) is 0 Å². The minimum absolute atomic E-state index is 0.0771. The first-order valence-electron chi connectivity index (χ1n) is 11.9. The van der Waals surface area contributed by atoms with Gasteiger partial charge >= 0.3 is 6.03 Å². The normalized spacial score (nSPS) is 14.7. The highest BCUT2D eigenvalue weighted by molar-refractivity contribution is 5.95. The average molecular weight is 481 g/mol. The van der Waals surface area contributed by atoms with Gasteiger partial charge in [-0.05, 0) is 75.2 Å². The van der Waals surface area contributed by atoms with Crippen LogP contribution >= 0.6 is 0 Å². The molecule has 0 aliphatic carbocycles. The topological polar surface area (TPSA) is 105 Å². The van der Waals surface area contributed by atoms with Gasteiger partial charge in [-0.25, -0.2) is 16.1 Å². The third-order valence-corrected chi connectivity index (χ3v) is 6.42. The van der Waals surface area contributed by atoms with Gasteiger partial charge in [0.25, 0.3) is 5.91 Å². The monoisotopic (exact) mass is 480 g/mol. The Kier molecular flexibility index (Phi) is 8.73. The molecule has 0 saturated carbocycles. The third kappa shape index (κ3) is 6.12. The number of amides is 3. The van der Waals surface area contributed by atoms with Gasteiger partial charge in [0.2, 0.25) is 0 Å². The average Bonchev–Trinajstić information content (AvgIpc) is 3.14. The molecule has 2 aromatic carbocycles. The summed E-state index contributed by atoms with van der Waals surface area (Å²) < 4.78 is 0. The lowest BCUT2D eigenvalue weighted by Crippen LogP contribution is -2.50. The fourth-order valence-electron chi connectivity index (χ4n) is 4.13. The van der Waals surface area contributed by atoms with E-state index in [0.717, 1.165) is 56.1 Å². The van der Waals surface area contributed by atoms with Crippen LogP contribution in [0.4, 0.5) is 21.9 Å². The zero-order chi connectivity index (χ0) is 25.5. The number of nitrogens with two attached hydrogens (primary N) is 1. The first kappa shape index (κ1) is 26.1. The van der Waals surface area contributed by atoms with Crippen LogP contribution in [0.15, 0.2) is 60.8 Å². The minimum Gasteiger partial charge on any atom is -0.370 e. The molecule has 1 aliphatic heterocycles. The number of carbonyl (C=O) groups excluding carboxylic acids is 2. The zero-order valence-corrected chi connectivity index (χ0v) is 20.8. The van der Waals surface area contributed by atoms with Crippen molar-refractivity contribution in [2.24, 2.45) is 5.84 Å². The summed E-state index contributed by atoms with van der Waals surface area (Å²) in [6.07, 6.45) is 1.74. The molecule has 3 rings (SSSR count). The van der Waals surface area contributed by atoms with Gasteiger partial charge in [-0.2, -0.15) is 0 Å². The lowest BCUT2D eigenvalue weighted by molar-refractivity contribution is 0.0706. The molecule has 1 saturated heterocycles. The Labute approximate surface area is 207 Å². The van der Waals surface area contributed by atoms with Crippen molar-refractivity contribution in [2.75, 3.05) is 40.9 Å². The second-order valence-electron chi connectivity index (χ2n) is 8.85. The van der Waals surface area contributed by atoms with Crippen LogP contribution in [0.1, 0.15) is 44.0 Å². The molecule has 0 aromatic heterocycles. The number of anilines is 3. The van der Waals surface area contributed by atoms with Gasteiger partial charge in [-0.15, -0.1) is 0 Å². The van der Waals surface area contributed by atoms with Crippen molar-refractivity contribution in [3.63, 3.8) is 0 Å². The van der Waals surface area contributed by atoms with E-state index in [1.54, 1.807) is 29.4 Å². The van der Waals surface area contributed by atoms with Crippen LogP contribution in [0.25, 0.3) is 0 Å². The molecule has 0 bridgehead atoms. The van der Waals surface area contributed by atoms with Crippen LogP contribution in [-0.4, -0.2) is 54.4 Å². The number of nitrogens with one attached hydrogen (secondary N) is 1. The lowest BCUT2D eigenvalue weighted by atomic mass is 10.2. The van der Waals surface area contributed by atoms with Crippen LogP contribution < -0.4 is 26.0 Å². The zero-order valence-electron chi connectivity index (χ0n) is 20.8. The predicted octanol–water partition coefficient (Wildman–Crippen LogP) is 3.96. The van der Waals surface area contributed by atoms with Gasteiger partial charge in [0, 0.05) is 54.9 Å². The number of carbonyl (C=O) groups is 2. The summed E-state index contributed by atoms with van der Waals surface area (Å²) in [6, 6.07) is 14.8. The van der Waals surface area contributed by atoms with Crippen molar-refractivity contribution in [2.45, 2.75) is 39.7 Å². The molecular weight excluding hydrogens is 444 g/mol. The molecule has 9 heteroatoms. The van der Waals surface area contributed by atoms with E-state index >= 15 is 0 Å². The van der Waals surface area contributed by atoms with Crippen molar-refractivity contribution in [1.82, 2.24) is 10.5 Å². The van der Waals surface area contributed by atoms with E-state index in [4.69, 9.17) is 11.0 Å². The predicted molar refractivity (Wildman–Crippen MR) is 140 cm³/mol. The van der Waals surface area contributed by atoms with Crippen molar-refractivity contribution >= 4 is 29.0 Å². The molecular formula is C26H36N6O3. The highest BCUT2D eigenvalue weighted by Gasteiger charge is 2.24. The fraction of sp³-hybridized carbons (Fsp3) is 0.385. The third-order valence-electron chi connectivity index (χ3n) is 6.42. The van der Waals surface area contributed by atoms with Gasteiger partial charge in [0.05, 0.1) is 5.69 Å². The fourth-order valence-corrected chi connectivity index (χ4v) is 4.13. The second kappa shape index (κ2) is 11.7. The Morgan fingerprint density at radius 3 is 2.00 bits per heavy atom.